The smallest absolute Gasteiger partial charge is 0.0828 e. The molecular weight excluding hydrogens is 234 g/mol. The van der Waals surface area contributed by atoms with Gasteiger partial charge in [0.25, 0.3) is 0 Å². The molecule has 0 saturated heterocycles. The van der Waals surface area contributed by atoms with Gasteiger partial charge in [0.2, 0.25) is 0 Å². The lowest BCUT2D eigenvalue weighted by atomic mass is 10.0. The average Bonchev–Trinajstić information content (AvgIpc) is 2.86. The summed E-state index contributed by atoms with van der Waals surface area (Å²) in [6.45, 7) is 6.35. The van der Waals surface area contributed by atoms with Crippen molar-refractivity contribution >= 4 is 5.69 Å². The van der Waals surface area contributed by atoms with E-state index >= 15 is 0 Å². The predicted octanol–water partition coefficient (Wildman–Crippen LogP) is 3.44. The van der Waals surface area contributed by atoms with Crippen molar-refractivity contribution < 1.29 is 0 Å². The van der Waals surface area contributed by atoms with Crippen molar-refractivity contribution in [1.82, 2.24) is 9.78 Å². The first kappa shape index (κ1) is 12.3. The fourth-order valence-corrected chi connectivity index (χ4v) is 3.03. The van der Waals surface area contributed by atoms with Gasteiger partial charge in [0.1, 0.15) is 0 Å². The maximum Gasteiger partial charge on any atom is 0.0828 e. The van der Waals surface area contributed by atoms with E-state index < -0.39 is 0 Å². The molecule has 0 aliphatic heterocycles. The molecule has 1 aliphatic rings. The Balaban J connectivity index is 1.92. The molecule has 0 spiro atoms. The fourth-order valence-electron chi connectivity index (χ4n) is 3.03. The van der Waals surface area contributed by atoms with Crippen molar-refractivity contribution in [1.29, 1.82) is 0 Å². The third-order valence-electron chi connectivity index (χ3n) is 4.21. The zero-order valence-corrected chi connectivity index (χ0v) is 12.1. The van der Waals surface area contributed by atoms with Crippen LogP contribution in [0, 0.1) is 20.8 Å². The Morgan fingerprint density at radius 1 is 1.26 bits per heavy atom. The highest BCUT2D eigenvalue weighted by Crippen LogP contribution is 2.35. The Kier molecular flexibility index (Phi) is 2.85. The summed E-state index contributed by atoms with van der Waals surface area (Å²) in [5, 5.41) is 8.18. The molecule has 1 unspecified atom stereocenters. The highest BCUT2D eigenvalue weighted by molar-refractivity contribution is 5.55. The number of nitrogens with zero attached hydrogens (tertiary/aromatic N) is 2. The van der Waals surface area contributed by atoms with E-state index in [1.807, 2.05) is 11.7 Å². The summed E-state index contributed by atoms with van der Waals surface area (Å²) in [7, 11) is 2.00. The third-order valence-corrected chi connectivity index (χ3v) is 4.21. The van der Waals surface area contributed by atoms with Gasteiger partial charge in [-0.25, -0.2) is 0 Å². The Hall–Kier alpha value is -1.77. The molecule has 1 aromatic carbocycles. The lowest BCUT2D eigenvalue weighted by Gasteiger charge is -2.16. The van der Waals surface area contributed by atoms with E-state index in [9.17, 15) is 0 Å². The van der Waals surface area contributed by atoms with Crippen molar-refractivity contribution in [3.05, 3.63) is 46.3 Å². The lowest BCUT2D eigenvalue weighted by molar-refractivity contribution is 0.729. The van der Waals surface area contributed by atoms with E-state index in [0.29, 0.717) is 6.04 Å². The number of fused-ring (bicyclic) bond motifs is 1. The quantitative estimate of drug-likeness (QED) is 0.890. The van der Waals surface area contributed by atoms with Gasteiger partial charge >= 0.3 is 0 Å². The van der Waals surface area contributed by atoms with Crippen molar-refractivity contribution in [2.24, 2.45) is 7.05 Å². The van der Waals surface area contributed by atoms with E-state index in [1.165, 1.54) is 40.9 Å². The monoisotopic (exact) mass is 255 g/mol. The van der Waals surface area contributed by atoms with E-state index in [4.69, 9.17) is 0 Å². The molecule has 0 fully saturated rings. The van der Waals surface area contributed by atoms with Crippen LogP contribution in [-0.4, -0.2) is 9.78 Å². The first-order chi connectivity index (χ1) is 9.06. The average molecular weight is 255 g/mol. The number of anilines is 1. The van der Waals surface area contributed by atoms with Crippen molar-refractivity contribution in [3.8, 4) is 0 Å². The highest BCUT2D eigenvalue weighted by Gasteiger charge is 2.24. The summed E-state index contributed by atoms with van der Waals surface area (Å²) in [6, 6.07) is 7.23. The molecule has 3 nitrogen and oxygen atoms in total. The van der Waals surface area contributed by atoms with Crippen LogP contribution in [0.15, 0.2) is 18.2 Å². The molecule has 1 atom stereocenters. The van der Waals surface area contributed by atoms with Gasteiger partial charge < -0.3 is 5.32 Å². The highest BCUT2D eigenvalue weighted by atomic mass is 15.3. The first-order valence-corrected chi connectivity index (χ1v) is 6.92. The van der Waals surface area contributed by atoms with Crippen molar-refractivity contribution in [2.45, 2.75) is 39.7 Å². The first-order valence-electron chi connectivity index (χ1n) is 6.92. The van der Waals surface area contributed by atoms with Gasteiger partial charge in [-0.2, -0.15) is 5.10 Å². The molecular formula is C16H21N3. The van der Waals surface area contributed by atoms with E-state index in [-0.39, 0.29) is 0 Å². The zero-order valence-electron chi connectivity index (χ0n) is 12.1. The van der Waals surface area contributed by atoms with E-state index in [1.54, 1.807) is 0 Å². The summed E-state index contributed by atoms with van der Waals surface area (Å²) in [4.78, 5) is 0. The maximum absolute atomic E-state index is 4.48. The van der Waals surface area contributed by atoms with Gasteiger partial charge in [-0.3, -0.25) is 4.68 Å². The van der Waals surface area contributed by atoms with Crippen LogP contribution in [0.4, 0.5) is 5.69 Å². The summed E-state index contributed by atoms with van der Waals surface area (Å²) in [5.74, 6) is 0. The molecule has 3 rings (SSSR count). The van der Waals surface area contributed by atoms with E-state index in [2.05, 4.69) is 49.4 Å². The minimum Gasteiger partial charge on any atom is -0.375 e. The summed E-state index contributed by atoms with van der Waals surface area (Å²) >= 11 is 0. The zero-order chi connectivity index (χ0) is 13.6. The molecule has 0 saturated carbocycles. The predicted molar refractivity (Wildman–Crippen MR) is 78.5 cm³/mol. The van der Waals surface area contributed by atoms with Crippen LogP contribution in [-0.2, 0) is 13.5 Å². The summed E-state index contributed by atoms with van der Waals surface area (Å²) < 4.78 is 1.95. The number of nitrogens with one attached hydrogen (secondary N) is 1. The minimum atomic E-state index is 0.427. The second kappa shape index (κ2) is 4.41. The van der Waals surface area contributed by atoms with Crippen molar-refractivity contribution in [2.75, 3.05) is 5.32 Å². The number of hydrogen-bond donors (Lipinski definition) is 1. The van der Waals surface area contributed by atoms with Gasteiger partial charge in [0, 0.05) is 7.05 Å². The number of benzene rings is 1. The summed E-state index contributed by atoms with van der Waals surface area (Å²) in [5.41, 5.74) is 7.78. The molecule has 1 N–H and O–H groups in total. The molecule has 19 heavy (non-hydrogen) atoms. The number of hydrogen-bond acceptors (Lipinski definition) is 2. The Bertz CT molecular complexity index is 625. The van der Waals surface area contributed by atoms with Gasteiger partial charge in [-0.1, -0.05) is 23.8 Å². The van der Waals surface area contributed by atoms with Crippen LogP contribution in [0.2, 0.25) is 0 Å². The molecule has 3 heteroatoms. The SMILES string of the molecule is Cc1ccc2c(c1)C(Nc1c(C)nn(C)c1C)CC2. The van der Waals surface area contributed by atoms with Gasteiger partial charge in [-0.05, 0) is 44.7 Å². The van der Waals surface area contributed by atoms with Crippen LogP contribution >= 0.6 is 0 Å². The number of aromatic nitrogens is 2. The molecule has 0 bridgehead atoms. The molecule has 2 aromatic rings. The van der Waals surface area contributed by atoms with Crippen LogP contribution in [0.5, 0.6) is 0 Å². The largest absolute Gasteiger partial charge is 0.375 e. The van der Waals surface area contributed by atoms with Gasteiger partial charge in [0.05, 0.1) is 23.1 Å². The molecule has 1 aliphatic carbocycles. The molecule has 1 heterocycles. The normalized spacial score (nSPS) is 17.6. The van der Waals surface area contributed by atoms with E-state index in [0.717, 1.165) is 5.69 Å². The lowest BCUT2D eigenvalue weighted by Crippen LogP contribution is -2.08. The second-order valence-electron chi connectivity index (χ2n) is 5.61. The molecule has 0 amide bonds. The van der Waals surface area contributed by atoms with Gasteiger partial charge in [-0.15, -0.1) is 0 Å². The fraction of sp³-hybridized carbons (Fsp3) is 0.438. The molecule has 1 aromatic heterocycles. The topological polar surface area (TPSA) is 29.9 Å². The number of aryl methyl sites for hydroxylation is 4. The van der Waals surface area contributed by atoms with Crippen LogP contribution in [0.1, 0.15) is 40.5 Å². The minimum absolute atomic E-state index is 0.427. The Labute approximate surface area is 114 Å². The van der Waals surface area contributed by atoms with Crippen LogP contribution in [0.3, 0.4) is 0 Å². The Morgan fingerprint density at radius 2 is 2.05 bits per heavy atom. The van der Waals surface area contributed by atoms with Crippen LogP contribution < -0.4 is 5.32 Å². The summed E-state index contributed by atoms with van der Waals surface area (Å²) in [6.07, 6.45) is 2.35. The molecule has 100 valence electrons. The van der Waals surface area contributed by atoms with Gasteiger partial charge in [0.15, 0.2) is 0 Å². The maximum atomic E-state index is 4.48. The van der Waals surface area contributed by atoms with Crippen LogP contribution in [0.25, 0.3) is 0 Å². The molecule has 0 radical (unpaired) electrons. The third kappa shape index (κ3) is 2.03. The number of rotatable bonds is 2. The second-order valence-corrected chi connectivity index (χ2v) is 5.61. The Morgan fingerprint density at radius 3 is 2.74 bits per heavy atom. The van der Waals surface area contributed by atoms with Crippen molar-refractivity contribution in [3.63, 3.8) is 0 Å². The standard InChI is InChI=1S/C16H21N3/c1-10-5-6-13-7-8-15(14(13)9-10)17-16-11(2)18-19(4)12(16)3/h5-6,9,15,17H,7-8H2,1-4H3.